The van der Waals surface area contributed by atoms with E-state index in [1.165, 1.54) is 0 Å². The molecule has 0 aromatic carbocycles. The van der Waals surface area contributed by atoms with Crippen LogP contribution < -0.4 is 10.6 Å². The Morgan fingerprint density at radius 3 is 2.74 bits per heavy atom. The van der Waals surface area contributed by atoms with Crippen LogP contribution >= 0.6 is 0 Å². The van der Waals surface area contributed by atoms with Crippen molar-refractivity contribution in [1.82, 2.24) is 15.6 Å². The molecule has 106 valence electrons. The van der Waals surface area contributed by atoms with Gasteiger partial charge in [0.25, 0.3) is 5.91 Å². The minimum Gasteiger partial charge on any atom is -0.383 e. The molecule has 1 heterocycles. The largest absolute Gasteiger partial charge is 0.383 e. The van der Waals surface area contributed by atoms with Crippen molar-refractivity contribution >= 4 is 5.91 Å². The lowest BCUT2D eigenvalue weighted by Gasteiger charge is -2.10. The number of hydrogen-bond acceptors (Lipinski definition) is 5. The van der Waals surface area contributed by atoms with Crippen LogP contribution in [0.25, 0.3) is 0 Å². The zero-order valence-electron chi connectivity index (χ0n) is 11.4. The molecule has 0 saturated heterocycles. The standard InChI is InChI=1S/C13H21N3O3/c1-18-7-5-15-9-11-3-4-14-10-12(11)13(17)16-6-8-19-2/h3-4,10,15H,5-9H2,1-2H3,(H,16,17). The van der Waals surface area contributed by atoms with Crippen LogP contribution in [0.15, 0.2) is 18.5 Å². The van der Waals surface area contributed by atoms with Crippen LogP contribution in [0.1, 0.15) is 15.9 Å². The maximum Gasteiger partial charge on any atom is 0.253 e. The molecule has 0 aliphatic carbocycles. The number of carbonyl (C=O) groups is 1. The van der Waals surface area contributed by atoms with Gasteiger partial charge in [0.15, 0.2) is 0 Å². The summed E-state index contributed by atoms with van der Waals surface area (Å²) in [5, 5.41) is 5.99. The number of carbonyl (C=O) groups excluding carboxylic acids is 1. The maximum absolute atomic E-state index is 12.0. The number of pyridine rings is 1. The van der Waals surface area contributed by atoms with Crippen molar-refractivity contribution < 1.29 is 14.3 Å². The van der Waals surface area contributed by atoms with Crippen molar-refractivity contribution in [3.63, 3.8) is 0 Å². The first-order valence-electron chi connectivity index (χ1n) is 6.19. The Balaban J connectivity index is 2.54. The Morgan fingerprint density at radius 1 is 1.26 bits per heavy atom. The Morgan fingerprint density at radius 2 is 2.00 bits per heavy atom. The summed E-state index contributed by atoms with van der Waals surface area (Å²) in [5.41, 5.74) is 1.50. The predicted octanol–water partition coefficient (Wildman–Crippen LogP) is 0.194. The van der Waals surface area contributed by atoms with Gasteiger partial charge in [0.05, 0.1) is 18.8 Å². The highest BCUT2D eigenvalue weighted by molar-refractivity contribution is 5.95. The summed E-state index contributed by atoms with van der Waals surface area (Å²) in [4.78, 5) is 16.0. The molecule has 0 bridgehead atoms. The van der Waals surface area contributed by atoms with Crippen LogP contribution in [0.5, 0.6) is 0 Å². The molecule has 0 spiro atoms. The molecule has 0 radical (unpaired) electrons. The number of methoxy groups -OCH3 is 2. The van der Waals surface area contributed by atoms with Crippen molar-refractivity contribution in [2.75, 3.05) is 40.5 Å². The molecule has 0 saturated carbocycles. The van der Waals surface area contributed by atoms with Crippen molar-refractivity contribution in [1.29, 1.82) is 0 Å². The van der Waals surface area contributed by atoms with Crippen LogP contribution in [0.4, 0.5) is 0 Å². The molecular formula is C13H21N3O3. The third kappa shape index (κ3) is 5.78. The third-order valence-electron chi connectivity index (χ3n) is 2.55. The quantitative estimate of drug-likeness (QED) is 0.625. The van der Waals surface area contributed by atoms with Gasteiger partial charge in [-0.05, 0) is 11.6 Å². The highest BCUT2D eigenvalue weighted by atomic mass is 16.5. The van der Waals surface area contributed by atoms with Gasteiger partial charge in [0.2, 0.25) is 0 Å². The lowest BCUT2D eigenvalue weighted by Crippen LogP contribution is -2.29. The molecule has 2 N–H and O–H groups in total. The molecule has 1 amide bonds. The number of aromatic nitrogens is 1. The number of nitrogens with one attached hydrogen (secondary N) is 2. The lowest BCUT2D eigenvalue weighted by molar-refractivity contribution is 0.0935. The number of amides is 1. The van der Waals surface area contributed by atoms with E-state index in [0.717, 1.165) is 12.1 Å². The molecule has 6 nitrogen and oxygen atoms in total. The molecule has 19 heavy (non-hydrogen) atoms. The van der Waals surface area contributed by atoms with E-state index in [1.54, 1.807) is 26.6 Å². The molecule has 1 aromatic heterocycles. The molecule has 0 fully saturated rings. The van der Waals surface area contributed by atoms with Gasteiger partial charge in [-0.2, -0.15) is 0 Å². The van der Waals surface area contributed by atoms with Crippen molar-refractivity contribution in [2.24, 2.45) is 0 Å². The van der Waals surface area contributed by atoms with E-state index in [9.17, 15) is 4.79 Å². The second-order valence-corrected chi connectivity index (χ2v) is 3.95. The molecule has 1 rings (SSSR count). The summed E-state index contributed by atoms with van der Waals surface area (Å²) in [7, 11) is 3.25. The Kier molecular flexibility index (Phi) is 7.72. The fourth-order valence-corrected chi connectivity index (χ4v) is 1.54. The first kappa shape index (κ1) is 15.6. The smallest absolute Gasteiger partial charge is 0.253 e. The Labute approximate surface area is 113 Å². The van der Waals surface area contributed by atoms with Gasteiger partial charge >= 0.3 is 0 Å². The second-order valence-electron chi connectivity index (χ2n) is 3.95. The molecule has 0 aliphatic heterocycles. The van der Waals surface area contributed by atoms with Crippen LogP contribution in [-0.2, 0) is 16.0 Å². The Bertz CT molecular complexity index is 385. The fourth-order valence-electron chi connectivity index (χ4n) is 1.54. The van der Waals surface area contributed by atoms with E-state index < -0.39 is 0 Å². The average Bonchev–Trinajstić information content (AvgIpc) is 2.44. The Hall–Kier alpha value is -1.50. The van der Waals surface area contributed by atoms with Gasteiger partial charge in [-0.25, -0.2) is 0 Å². The van der Waals surface area contributed by atoms with Gasteiger partial charge in [-0.1, -0.05) is 0 Å². The molecule has 0 atom stereocenters. The summed E-state index contributed by atoms with van der Waals surface area (Å²) in [5.74, 6) is -0.131. The minimum atomic E-state index is -0.131. The number of nitrogens with zero attached hydrogens (tertiary/aromatic N) is 1. The van der Waals surface area contributed by atoms with E-state index >= 15 is 0 Å². The normalized spacial score (nSPS) is 10.4. The topological polar surface area (TPSA) is 72.5 Å². The van der Waals surface area contributed by atoms with Crippen molar-refractivity contribution in [3.05, 3.63) is 29.6 Å². The van der Waals surface area contributed by atoms with Gasteiger partial charge in [-0.15, -0.1) is 0 Å². The number of ether oxygens (including phenoxy) is 2. The second kappa shape index (κ2) is 9.43. The van der Waals surface area contributed by atoms with Gasteiger partial charge in [0, 0.05) is 46.2 Å². The highest BCUT2D eigenvalue weighted by Crippen LogP contribution is 2.06. The van der Waals surface area contributed by atoms with Gasteiger partial charge in [-0.3, -0.25) is 9.78 Å². The molecule has 6 heteroatoms. The summed E-state index contributed by atoms with van der Waals surface area (Å²) in [6, 6.07) is 1.84. The summed E-state index contributed by atoms with van der Waals surface area (Å²) in [6.45, 7) is 2.97. The van der Waals surface area contributed by atoms with Gasteiger partial charge < -0.3 is 20.1 Å². The lowest BCUT2D eigenvalue weighted by atomic mass is 10.1. The number of hydrogen-bond donors (Lipinski definition) is 2. The molecule has 0 unspecified atom stereocenters. The highest BCUT2D eigenvalue weighted by Gasteiger charge is 2.10. The average molecular weight is 267 g/mol. The monoisotopic (exact) mass is 267 g/mol. The van der Waals surface area contributed by atoms with E-state index in [0.29, 0.717) is 31.9 Å². The number of rotatable bonds is 9. The van der Waals surface area contributed by atoms with Crippen molar-refractivity contribution in [3.8, 4) is 0 Å². The zero-order valence-corrected chi connectivity index (χ0v) is 11.4. The molecular weight excluding hydrogens is 246 g/mol. The van der Waals surface area contributed by atoms with Crippen LogP contribution in [-0.4, -0.2) is 51.4 Å². The van der Waals surface area contributed by atoms with E-state index in [2.05, 4.69) is 15.6 Å². The summed E-state index contributed by atoms with van der Waals surface area (Å²) in [6.07, 6.45) is 3.26. The van der Waals surface area contributed by atoms with Crippen LogP contribution in [0.3, 0.4) is 0 Å². The third-order valence-corrected chi connectivity index (χ3v) is 2.55. The summed E-state index contributed by atoms with van der Waals surface area (Å²) >= 11 is 0. The first-order valence-corrected chi connectivity index (χ1v) is 6.19. The van der Waals surface area contributed by atoms with Crippen molar-refractivity contribution in [2.45, 2.75) is 6.54 Å². The van der Waals surface area contributed by atoms with E-state index in [4.69, 9.17) is 9.47 Å². The predicted molar refractivity (Wildman–Crippen MR) is 72.0 cm³/mol. The molecule has 1 aromatic rings. The fraction of sp³-hybridized carbons (Fsp3) is 0.538. The zero-order chi connectivity index (χ0) is 13.9. The maximum atomic E-state index is 12.0. The van der Waals surface area contributed by atoms with Gasteiger partial charge in [0.1, 0.15) is 0 Å². The van der Waals surface area contributed by atoms with E-state index in [-0.39, 0.29) is 5.91 Å². The SMILES string of the molecule is COCCNCc1ccncc1C(=O)NCCOC. The first-order chi connectivity index (χ1) is 9.29. The minimum absolute atomic E-state index is 0.131. The summed E-state index contributed by atoms with van der Waals surface area (Å²) < 4.78 is 9.85. The van der Waals surface area contributed by atoms with E-state index in [1.807, 2.05) is 6.07 Å². The van der Waals surface area contributed by atoms with Crippen LogP contribution in [0.2, 0.25) is 0 Å². The van der Waals surface area contributed by atoms with Crippen LogP contribution in [0, 0.1) is 0 Å². The molecule has 0 aliphatic rings.